The van der Waals surface area contributed by atoms with Crippen LogP contribution in [0.2, 0.25) is 0 Å². The maximum atomic E-state index is 13.3. The maximum Gasteiger partial charge on any atom is 0.419 e. The van der Waals surface area contributed by atoms with Gasteiger partial charge in [-0.2, -0.15) is 13.2 Å². The van der Waals surface area contributed by atoms with Gasteiger partial charge >= 0.3 is 6.18 Å². The van der Waals surface area contributed by atoms with Gasteiger partial charge in [0.05, 0.1) is 5.56 Å². The molecule has 0 radical (unpaired) electrons. The summed E-state index contributed by atoms with van der Waals surface area (Å²) in [6.45, 7) is 5.18. The first kappa shape index (κ1) is 14.3. The normalized spacial score (nSPS) is 13.2. The molecule has 0 saturated carbocycles. The monoisotopic (exact) mass is 359 g/mol. The summed E-state index contributed by atoms with van der Waals surface area (Å²) in [5.74, 6) is -1.25. The summed E-state index contributed by atoms with van der Waals surface area (Å²) in [4.78, 5) is 0. The molecule has 0 saturated heterocycles. The van der Waals surface area contributed by atoms with Gasteiger partial charge in [0.1, 0.15) is 5.82 Å². The van der Waals surface area contributed by atoms with Gasteiger partial charge in [-0.3, -0.25) is 3.53 Å². The molecule has 0 aromatic heterocycles. The molecule has 1 aromatic rings. The lowest BCUT2D eigenvalue weighted by atomic mass is 10.1. The Morgan fingerprint density at radius 3 is 2.53 bits per heavy atom. The minimum absolute atomic E-state index is 0.214. The van der Waals surface area contributed by atoms with E-state index in [2.05, 4.69) is 13.8 Å². The van der Waals surface area contributed by atoms with Gasteiger partial charge in [-0.05, 0) is 31.2 Å². The van der Waals surface area contributed by atoms with Crippen molar-refractivity contribution in [2.45, 2.75) is 19.1 Å². The van der Waals surface area contributed by atoms with Gasteiger partial charge in [-0.25, -0.2) is 4.39 Å². The first-order valence-electron chi connectivity index (χ1n) is 4.63. The van der Waals surface area contributed by atoms with Crippen LogP contribution in [-0.4, -0.2) is 3.67 Å². The number of hydrogen-bond donors (Lipinski definition) is 1. The molecular weight excluding hydrogens is 349 g/mol. The smallest absolute Gasteiger partial charge is 0.253 e. The summed E-state index contributed by atoms with van der Waals surface area (Å²) >= 11 is -0.535. The van der Waals surface area contributed by atoms with E-state index in [1.807, 2.05) is 0 Å². The highest BCUT2D eigenvalue weighted by Gasteiger charge is 2.34. The van der Waals surface area contributed by atoms with Crippen LogP contribution in [-0.2, 0) is 6.18 Å². The Kier molecular flexibility index (Phi) is 4.85. The third-order valence-corrected chi connectivity index (χ3v) is 3.71. The molecule has 94 valence electrons. The van der Waals surface area contributed by atoms with Crippen LogP contribution in [0.3, 0.4) is 0 Å². The molecule has 0 heterocycles. The molecule has 1 unspecified atom stereocenters. The first-order valence-corrected chi connectivity index (χ1v) is 6.79. The number of alkyl halides is 3. The fourth-order valence-electron chi connectivity index (χ4n) is 1.21. The fraction of sp³-hybridized carbons (Fsp3) is 0.273. The molecule has 1 atom stereocenters. The van der Waals surface area contributed by atoms with Gasteiger partial charge < -0.3 is 0 Å². The van der Waals surface area contributed by atoms with Crippen molar-refractivity contribution in [1.82, 2.24) is 3.53 Å². The van der Waals surface area contributed by atoms with Crippen molar-refractivity contribution in [3.05, 3.63) is 41.7 Å². The van der Waals surface area contributed by atoms with Gasteiger partial charge in [0.2, 0.25) is 0 Å². The van der Waals surface area contributed by atoms with E-state index >= 15 is 0 Å². The summed E-state index contributed by atoms with van der Waals surface area (Å²) in [6, 6.07) is 2.73. The zero-order chi connectivity index (χ0) is 13.1. The van der Waals surface area contributed by atoms with E-state index in [0.29, 0.717) is 5.56 Å². The van der Waals surface area contributed by atoms with E-state index in [0.717, 1.165) is 12.1 Å². The van der Waals surface area contributed by atoms with Crippen LogP contribution < -0.4 is 3.53 Å². The molecule has 0 aliphatic heterocycles. The van der Waals surface area contributed by atoms with E-state index in [1.54, 1.807) is 6.92 Å². The van der Waals surface area contributed by atoms with Gasteiger partial charge in [0.25, 0.3) is 0 Å². The highest BCUT2D eigenvalue weighted by atomic mass is 127. The Morgan fingerprint density at radius 2 is 2.06 bits per heavy atom. The summed E-state index contributed by atoms with van der Waals surface area (Å²) in [5, 5.41) is 0. The van der Waals surface area contributed by atoms with Crippen LogP contribution >= 0.6 is 21.0 Å². The standard InChI is InChI=1S/C11H10F4IN/c1-3-16-17-7(2)8-4-5-9(10(12)6-8)11(13,14)15/h4-7,17H,1H2,2H3. The number of benzene rings is 1. The second-order valence-electron chi connectivity index (χ2n) is 3.30. The van der Waals surface area contributed by atoms with Gasteiger partial charge in [-0.15, -0.1) is 0 Å². The average molecular weight is 359 g/mol. The SMILES string of the molecule is C=C=INC(C)c1ccc(C(F)(F)F)c(F)c1. The van der Waals surface area contributed by atoms with E-state index in [1.165, 1.54) is 6.07 Å². The highest BCUT2D eigenvalue weighted by molar-refractivity contribution is 14.2. The first-order chi connectivity index (χ1) is 7.86. The predicted molar refractivity (Wildman–Crippen MR) is 67.6 cm³/mol. The third kappa shape index (κ3) is 3.90. The minimum atomic E-state index is -4.65. The van der Waals surface area contributed by atoms with E-state index in [4.69, 9.17) is 0 Å². The van der Waals surface area contributed by atoms with Crippen LogP contribution in [0.15, 0.2) is 24.8 Å². The Labute approximate surface area is 107 Å². The summed E-state index contributed by atoms with van der Waals surface area (Å²) < 4.78 is 55.9. The zero-order valence-electron chi connectivity index (χ0n) is 8.91. The second-order valence-corrected chi connectivity index (χ2v) is 5.22. The summed E-state index contributed by atoms with van der Waals surface area (Å²) in [5.41, 5.74) is -0.760. The predicted octanol–water partition coefficient (Wildman–Crippen LogP) is 3.97. The lowest BCUT2D eigenvalue weighted by Crippen LogP contribution is -2.11. The molecule has 1 nitrogen and oxygen atoms in total. The Balaban J connectivity index is 3.00. The molecule has 17 heavy (non-hydrogen) atoms. The Bertz CT molecular complexity index is 449. The van der Waals surface area contributed by atoms with Crippen molar-refractivity contribution in [2.24, 2.45) is 0 Å². The van der Waals surface area contributed by atoms with Gasteiger partial charge in [-0.1, -0.05) is 9.73 Å². The van der Waals surface area contributed by atoms with E-state index < -0.39 is 38.6 Å². The van der Waals surface area contributed by atoms with Crippen molar-refractivity contribution in [1.29, 1.82) is 0 Å². The van der Waals surface area contributed by atoms with Crippen molar-refractivity contribution < 1.29 is 17.6 Å². The number of halogens is 5. The quantitative estimate of drug-likeness (QED) is 0.489. The molecular formula is C11H10F4IN. The summed E-state index contributed by atoms with van der Waals surface area (Å²) in [7, 11) is 0. The molecule has 0 aliphatic carbocycles. The Morgan fingerprint density at radius 1 is 1.41 bits per heavy atom. The van der Waals surface area contributed by atoms with Crippen LogP contribution in [0.5, 0.6) is 0 Å². The molecule has 0 amide bonds. The molecule has 0 fully saturated rings. The van der Waals surface area contributed by atoms with Gasteiger partial charge in [0, 0.05) is 27.0 Å². The number of rotatable bonds is 3. The van der Waals surface area contributed by atoms with Gasteiger partial charge in [0.15, 0.2) is 0 Å². The van der Waals surface area contributed by atoms with Crippen molar-refractivity contribution >= 4 is 24.7 Å². The largest absolute Gasteiger partial charge is 0.419 e. The maximum absolute atomic E-state index is 13.3. The molecule has 0 aliphatic rings. The molecule has 1 rings (SSSR count). The van der Waals surface area contributed by atoms with Crippen LogP contribution in [0, 0.1) is 5.82 Å². The van der Waals surface area contributed by atoms with Crippen LogP contribution in [0.4, 0.5) is 17.6 Å². The van der Waals surface area contributed by atoms with E-state index in [-0.39, 0.29) is 6.04 Å². The lowest BCUT2D eigenvalue weighted by Gasteiger charge is -2.13. The lowest BCUT2D eigenvalue weighted by molar-refractivity contribution is -0.140. The molecule has 0 bridgehead atoms. The fourth-order valence-corrected chi connectivity index (χ4v) is 2.26. The molecule has 1 aromatic carbocycles. The number of nitrogens with one attached hydrogen (secondary N) is 1. The summed E-state index contributed by atoms with van der Waals surface area (Å²) in [6.07, 6.45) is -4.65. The van der Waals surface area contributed by atoms with Crippen LogP contribution in [0.1, 0.15) is 24.1 Å². The highest BCUT2D eigenvalue weighted by Crippen LogP contribution is 2.32. The molecule has 6 heteroatoms. The van der Waals surface area contributed by atoms with E-state index in [9.17, 15) is 17.6 Å². The second kappa shape index (κ2) is 5.75. The van der Waals surface area contributed by atoms with Crippen LogP contribution in [0.25, 0.3) is 0 Å². The number of hydrogen-bond acceptors (Lipinski definition) is 1. The molecule has 0 spiro atoms. The van der Waals surface area contributed by atoms with Crippen molar-refractivity contribution in [3.63, 3.8) is 0 Å². The Hall–Kier alpha value is -0.720. The van der Waals surface area contributed by atoms with Crippen molar-refractivity contribution in [3.8, 4) is 0 Å². The zero-order valence-corrected chi connectivity index (χ0v) is 11.1. The van der Waals surface area contributed by atoms with Crippen molar-refractivity contribution in [2.75, 3.05) is 0 Å². The average Bonchev–Trinajstić information content (AvgIpc) is 2.23. The molecule has 1 N–H and O–H groups in total. The third-order valence-electron chi connectivity index (χ3n) is 2.08. The topological polar surface area (TPSA) is 12.0 Å². The minimum Gasteiger partial charge on any atom is -0.253 e.